The summed E-state index contributed by atoms with van der Waals surface area (Å²) >= 11 is 1.74. The fourth-order valence-corrected chi connectivity index (χ4v) is 1.52. The van der Waals surface area contributed by atoms with Gasteiger partial charge in [0.1, 0.15) is 5.75 Å². The molecule has 0 saturated carbocycles. The van der Waals surface area contributed by atoms with Crippen LogP contribution < -0.4 is 10.5 Å². The number of thioether (sulfide) groups is 1. The SMILES string of the molecule is CSc1ccc(OCCCCN)cc1. The first kappa shape index (κ1) is 11.4. The molecule has 78 valence electrons. The molecular weight excluding hydrogens is 194 g/mol. The Morgan fingerprint density at radius 1 is 1.21 bits per heavy atom. The first-order chi connectivity index (χ1) is 6.86. The molecule has 0 saturated heterocycles. The molecule has 0 aromatic heterocycles. The van der Waals surface area contributed by atoms with Crippen molar-refractivity contribution in [2.24, 2.45) is 5.73 Å². The highest BCUT2D eigenvalue weighted by atomic mass is 32.2. The molecule has 0 spiro atoms. The molecule has 0 bridgehead atoms. The molecule has 1 aromatic rings. The molecule has 1 rings (SSSR count). The number of benzene rings is 1. The van der Waals surface area contributed by atoms with Gasteiger partial charge in [-0.05, 0) is 49.9 Å². The Morgan fingerprint density at radius 3 is 2.50 bits per heavy atom. The Hall–Kier alpha value is -0.670. The molecule has 14 heavy (non-hydrogen) atoms. The maximum Gasteiger partial charge on any atom is 0.119 e. The van der Waals surface area contributed by atoms with Crippen molar-refractivity contribution in [3.8, 4) is 5.75 Å². The average molecular weight is 211 g/mol. The highest BCUT2D eigenvalue weighted by molar-refractivity contribution is 7.98. The molecule has 0 aliphatic rings. The summed E-state index contributed by atoms with van der Waals surface area (Å²) in [5.74, 6) is 0.944. The summed E-state index contributed by atoms with van der Waals surface area (Å²) in [6, 6.07) is 8.16. The van der Waals surface area contributed by atoms with Crippen LogP contribution in [0.4, 0.5) is 0 Å². The molecule has 0 amide bonds. The van der Waals surface area contributed by atoms with Crippen LogP contribution in [0, 0.1) is 0 Å². The van der Waals surface area contributed by atoms with Crippen molar-refractivity contribution >= 4 is 11.8 Å². The van der Waals surface area contributed by atoms with Gasteiger partial charge in [0.25, 0.3) is 0 Å². The van der Waals surface area contributed by atoms with E-state index in [1.165, 1.54) is 4.90 Å². The van der Waals surface area contributed by atoms with Crippen molar-refractivity contribution in [3.63, 3.8) is 0 Å². The summed E-state index contributed by atoms with van der Waals surface area (Å²) < 4.78 is 5.54. The summed E-state index contributed by atoms with van der Waals surface area (Å²) in [7, 11) is 0. The minimum Gasteiger partial charge on any atom is -0.494 e. The number of hydrogen-bond acceptors (Lipinski definition) is 3. The molecular formula is C11H17NOS. The Morgan fingerprint density at radius 2 is 1.93 bits per heavy atom. The monoisotopic (exact) mass is 211 g/mol. The van der Waals surface area contributed by atoms with E-state index in [0.717, 1.165) is 31.7 Å². The number of unbranched alkanes of at least 4 members (excludes halogenated alkanes) is 1. The Kier molecular flexibility index (Phi) is 5.49. The quantitative estimate of drug-likeness (QED) is 0.580. The lowest BCUT2D eigenvalue weighted by Gasteiger charge is -2.05. The topological polar surface area (TPSA) is 35.2 Å². The van der Waals surface area contributed by atoms with Crippen LogP contribution in [0.3, 0.4) is 0 Å². The Bertz CT molecular complexity index is 248. The van der Waals surface area contributed by atoms with E-state index in [0.29, 0.717) is 0 Å². The first-order valence-corrected chi connectivity index (χ1v) is 6.06. The molecule has 0 heterocycles. The maximum absolute atomic E-state index is 5.54. The molecule has 0 unspecified atom stereocenters. The second-order valence-electron chi connectivity index (χ2n) is 3.02. The molecule has 0 atom stereocenters. The molecule has 0 radical (unpaired) electrons. The smallest absolute Gasteiger partial charge is 0.119 e. The van der Waals surface area contributed by atoms with Crippen molar-refractivity contribution in [1.29, 1.82) is 0 Å². The van der Waals surface area contributed by atoms with Gasteiger partial charge in [-0.1, -0.05) is 0 Å². The maximum atomic E-state index is 5.54. The van der Waals surface area contributed by atoms with Crippen molar-refractivity contribution in [2.75, 3.05) is 19.4 Å². The normalized spacial score (nSPS) is 10.1. The number of rotatable bonds is 6. The van der Waals surface area contributed by atoms with Crippen LogP contribution in [0.1, 0.15) is 12.8 Å². The van der Waals surface area contributed by atoms with E-state index in [9.17, 15) is 0 Å². The standard InChI is InChI=1S/C11H17NOS/c1-14-11-6-4-10(5-7-11)13-9-3-2-8-12/h4-7H,2-3,8-9,12H2,1H3. The zero-order valence-corrected chi connectivity index (χ0v) is 9.35. The fraction of sp³-hybridized carbons (Fsp3) is 0.455. The highest BCUT2D eigenvalue weighted by Crippen LogP contribution is 2.18. The van der Waals surface area contributed by atoms with E-state index in [2.05, 4.69) is 18.4 Å². The number of hydrogen-bond donors (Lipinski definition) is 1. The Balaban J connectivity index is 2.29. The number of ether oxygens (including phenoxy) is 1. The molecule has 0 aliphatic carbocycles. The van der Waals surface area contributed by atoms with Gasteiger partial charge in [-0.3, -0.25) is 0 Å². The predicted molar refractivity (Wildman–Crippen MR) is 62.0 cm³/mol. The van der Waals surface area contributed by atoms with Crippen LogP contribution >= 0.6 is 11.8 Å². The van der Waals surface area contributed by atoms with Gasteiger partial charge in [0.05, 0.1) is 6.61 Å². The second kappa shape index (κ2) is 6.74. The van der Waals surface area contributed by atoms with Crippen molar-refractivity contribution in [3.05, 3.63) is 24.3 Å². The zero-order valence-electron chi connectivity index (χ0n) is 8.53. The van der Waals surface area contributed by atoms with E-state index in [1.807, 2.05) is 12.1 Å². The van der Waals surface area contributed by atoms with Crippen molar-refractivity contribution < 1.29 is 4.74 Å². The van der Waals surface area contributed by atoms with Gasteiger partial charge in [-0.2, -0.15) is 0 Å². The third-order valence-corrected chi connectivity index (χ3v) is 2.67. The lowest BCUT2D eigenvalue weighted by molar-refractivity contribution is 0.307. The average Bonchev–Trinajstić information content (AvgIpc) is 2.25. The van der Waals surface area contributed by atoms with Crippen LogP contribution in [-0.2, 0) is 0 Å². The van der Waals surface area contributed by atoms with Gasteiger partial charge < -0.3 is 10.5 Å². The molecule has 0 aliphatic heterocycles. The molecule has 2 N–H and O–H groups in total. The van der Waals surface area contributed by atoms with E-state index in [4.69, 9.17) is 10.5 Å². The molecule has 0 fully saturated rings. The third kappa shape index (κ3) is 4.03. The third-order valence-electron chi connectivity index (χ3n) is 1.93. The van der Waals surface area contributed by atoms with Gasteiger partial charge in [-0.15, -0.1) is 11.8 Å². The summed E-state index contributed by atoms with van der Waals surface area (Å²) in [6.07, 6.45) is 4.13. The lowest BCUT2D eigenvalue weighted by atomic mass is 10.3. The summed E-state index contributed by atoms with van der Waals surface area (Å²) in [6.45, 7) is 1.50. The number of nitrogens with two attached hydrogens (primary N) is 1. The highest BCUT2D eigenvalue weighted by Gasteiger charge is 1.93. The largest absolute Gasteiger partial charge is 0.494 e. The molecule has 1 aromatic carbocycles. The molecule has 3 heteroatoms. The fourth-order valence-electron chi connectivity index (χ4n) is 1.11. The molecule has 2 nitrogen and oxygen atoms in total. The van der Waals surface area contributed by atoms with Crippen LogP contribution in [0.2, 0.25) is 0 Å². The van der Waals surface area contributed by atoms with Crippen LogP contribution in [-0.4, -0.2) is 19.4 Å². The lowest BCUT2D eigenvalue weighted by Crippen LogP contribution is -2.03. The van der Waals surface area contributed by atoms with Crippen LogP contribution in [0.5, 0.6) is 5.75 Å². The first-order valence-electron chi connectivity index (χ1n) is 4.83. The minimum atomic E-state index is 0.745. The van der Waals surface area contributed by atoms with E-state index in [1.54, 1.807) is 11.8 Å². The van der Waals surface area contributed by atoms with Gasteiger partial charge in [0.15, 0.2) is 0 Å². The predicted octanol–water partition coefficient (Wildman–Crippen LogP) is 2.53. The van der Waals surface area contributed by atoms with Gasteiger partial charge in [0.2, 0.25) is 0 Å². The van der Waals surface area contributed by atoms with E-state index in [-0.39, 0.29) is 0 Å². The summed E-state index contributed by atoms with van der Waals surface area (Å²) in [5, 5.41) is 0. The van der Waals surface area contributed by atoms with Crippen LogP contribution in [0.25, 0.3) is 0 Å². The van der Waals surface area contributed by atoms with Gasteiger partial charge in [0, 0.05) is 4.90 Å². The van der Waals surface area contributed by atoms with Gasteiger partial charge in [-0.25, -0.2) is 0 Å². The summed E-state index contributed by atoms with van der Waals surface area (Å²) in [5.41, 5.74) is 5.39. The minimum absolute atomic E-state index is 0.745. The van der Waals surface area contributed by atoms with Crippen molar-refractivity contribution in [2.45, 2.75) is 17.7 Å². The van der Waals surface area contributed by atoms with Crippen LogP contribution in [0.15, 0.2) is 29.2 Å². The Labute approximate surface area is 89.8 Å². The van der Waals surface area contributed by atoms with Crippen molar-refractivity contribution in [1.82, 2.24) is 0 Å². The summed E-state index contributed by atoms with van der Waals surface area (Å²) in [4.78, 5) is 1.26. The van der Waals surface area contributed by atoms with Gasteiger partial charge >= 0.3 is 0 Å². The second-order valence-corrected chi connectivity index (χ2v) is 3.90. The van der Waals surface area contributed by atoms with E-state index >= 15 is 0 Å². The zero-order chi connectivity index (χ0) is 10.2. The van der Waals surface area contributed by atoms with E-state index < -0.39 is 0 Å².